The molecule has 0 aliphatic heterocycles. The van der Waals surface area contributed by atoms with Crippen LogP contribution in [0.4, 0.5) is 24.7 Å². The van der Waals surface area contributed by atoms with Crippen molar-refractivity contribution in [3.8, 4) is 12.1 Å². The molecule has 0 spiro atoms. The molecule has 0 bridgehead atoms. The predicted molar refractivity (Wildman–Crippen MR) is 92.2 cm³/mol. The molecule has 3 rings (SSSR count). The molecular weight excluding hydrogens is 357 g/mol. The second-order valence-electron chi connectivity index (χ2n) is 5.50. The van der Waals surface area contributed by atoms with E-state index >= 15 is 0 Å². The molecule has 0 amide bonds. The highest BCUT2D eigenvalue weighted by atomic mass is 19.4. The fraction of sp³-hybridized carbons (Fsp3) is 0.105. The molecule has 0 aliphatic carbocycles. The normalized spacial score (nSPS) is 10.9. The third kappa shape index (κ3) is 4.73. The van der Waals surface area contributed by atoms with Gasteiger partial charge < -0.3 is 10.1 Å². The lowest BCUT2D eigenvalue weighted by molar-refractivity contribution is -0.137. The summed E-state index contributed by atoms with van der Waals surface area (Å²) < 4.78 is 45.1. The van der Waals surface area contributed by atoms with Crippen molar-refractivity contribution in [3.63, 3.8) is 0 Å². The van der Waals surface area contributed by atoms with Gasteiger partial charge in [-0.25, -0.2) is 4.98 Å². The molecule has 0 atom stereocenters. The number of nitrogens with zero attached hydrogens (tertiary/aromatic N) is 3. The lowest BCUT2D eigenvalue weighted by atomic mass is 10.2. The lowest BCUT2D eigenvalue weighted by Gasteiger charge is -2.14. The number of ether oxygens (including phenoxy) is 1. The highest BCUT2D eigenvalue weighted by Crippen LogP contribution is 2.35. The van der Waals surface area contributed by atoms with Gasteiger partial charge in [-0.2, -0.15) is 23.4 Å². The molecule has 2 aromatic carbocycles. The van der Waals surface area contributed by atoms with Crippen LogP contribution in [-0.4, -0.2) is 9.97 Å². The number of alkyl halides is 3. The molecule has 136 valence electrons. The molecule has 0 saturated carbocycles. The summed E-state index contributed by atoms with van der Waals surface area (Å²) in [7, 11) is 0. The Bertz CT molecular complexity index is 951. The molecule has 0 fully saturated rings. The number of rotatable bonds is 5. The summed E-state index contributed by atoms with van der Waals surface area (Å²) in [5.74, 6) is -0.426. The van der Waals surface area contributed by atoms with Crippen LogP contribution in [0.3, 0.4) is 0 Å². The van der Waals surface area contributed by atoms with Crippen LogP contribution >= 0.6 is 0 Å². The number of hydrogen-bond donors (Lipinski definition) is 1. The second-order valence-corrected chi connectivity index (χ2v) is 5.50. The molecule has 5 nitrogen and oxygen atoms in total. The fourth-order valence-electron chi connectivity index (χ4n) is 2.22. The minimum absolute atomic E-state index is 0.127. The van der Waals surface area contributed by atoms with Crippen LogP contribution in [0.2, 0.25) is 0 Å². The number of halogens is 3. The molecule has 3 aromatic rings. The van der Waals surface area contributed by atoms with Gasteiger partial charge in [-0.3, -0.25) is 0 Å². The van der Waals surface area contributed by atoms with Crippen molar-refractivity contribution in [2.45, 2.75) is 12.8 Å². The Kier molecular flexibility index (Phi) is 5.22. The van der Waals surface area contributed by atoms with E-state index in [1.165, 1.54) is 24.3 Å². The van der Waals surface area contributed by atoms with Gasteiger partial charge in [0.25, 0.3) is 0 Å². The Balaban J connectivity index is 1.85. The number of anilines is 2. The van der Waals surface area contributed by atoms with Crippen LogP contribution in [0, 0.1) is 11.3 Å². The van der Waals surface area contributed by atoms with E-state index in [0.29, 0.717) is 17.4 Å². The molecule has 0 saturated heterocycles. The van der Waals surface area contributed by atoms with Crippen LogP contribution < -0.4 is 10.1 Å². The van der Waals surface area contributed by atoms with Gasteiger partial charge in [0.2, 0.25) is 0 Å². The predicted octanol–water partition coefficient (Wildman–Crippen LogP) is 4.69. The van der Waals surface area contributed by atoms with Crippen molar-refractivity contribution in [2.24, 2.45) is 0 Å². The fourth-order valence-corrected chi connectivity index (χ4v) is 2.22. The van der Waals surface area contributed by atoms with Gasteiger partial charge in [0, 0.05) is 11.9 Å². The summed E-state index contributed by atoms with van der Waals surface area (Å²) in [6, 6.07) is 16.9. The van der Waals surface area contributed by atoms with Gasteiger partial charge in [0.05, 0.1) is 11.6 Å². The Morgan fingerprint density at radius 2 is 1.74 bits per heavy atom. The number of hydrogen-bond acceptors (Lipinski definition) is 5. The third-order valence-electron chi connectivity index (χ3n) is 3.56. The van der Waals surface area contributed by atoms with Crippen LogP contribution in [0.15, 0.2) is 60.8 Å². The molecule has 1 N–H and O–H groups in total. The van der Waals surface area contributed by atoms with E-state index in [4.69, 9.17) is 10.00 Å². The van der Waals surface area contributed by atoms with Gasteiger partial charge in [0.1, 0.15) is 18.0 Å². The van der Waals surface area contributed by atoms with E-state index in [-0.39, 0.29) is 12.6 Å². The first-order valence-corrected chi connectivity index (χ1v) is 7.84. The average Bonchev–Trinajstić information content (AvgIpc) is 2.67. The maximum absolute atomic E-state index is 13.2. The molecule has 27 heavy (non-hydrogen) atoms. The number of nitriles is 1. The van der Waals surface area contributed by atoms with Crippen LogP contribution in [0.1, 0.15) is 16.7 Å². The van der Waals surface area contributed by atoms with E-state index in [9.17, 15) is 13.2 Å². The Morgan fingerprint density at radius 3 is 2.37 bits per heavy atom. The Labute approximate surface area is 153 Å². The monoisotopic (exact) mass is 370 g/mol. The second kappa shape index (κ2) is 7.74. The Morgan fingerprint density at radius 1 is 1.04 bits per heavy atom. The summed E-state index contributed by atoms with van der Waals surface area (Å²) in [6.07, 6.45) is -3.95. The maximum Gasteiger partial charge on any atom is 0.421 e. The number of nitrogens with one attached hydrogen (secondary N) is 1. The van der Waals surface area contributed by atoms with Gasteiger partial charge in [-0.15, -0.1) is 0 Å². The zero-order valence-corrected chi connectivity index (χ0v) is 13.9. The molecule has 0 aliphatic rings. The first kappa shape index (κ1) is 18.2. The lowest BCUT2D eigenvalue weighted by Crippen LogP contribution is -2.12. The van der Waals surface area contributed by atoms with Gasteiger partial charge >= 0.3 is 12.2 Å². The van der Waals surface area contributed by atoms with Gasteiger partial charge in [-0.1, -0.05) is 30.3 Å². The van der Waals surface area contributed by atoms with Crippen molar-refractivity contribution in [3.05, 3.63) is 77.5 Å². The summed E-state index contributed by atoms with van der Waals surface area (Å²) in [4.78, 5) is 7.52. The van der Waals surface area contributed by atoms with Crippen molar-refractivity contribution in [2.75, 3.05) is 5.32 Å². The zero-order valence-electron chi connectivity index (χ0n) is 13.9. The van der Waals surface area contributed by atoms with E-state index in [1.807, 2.05) is 36.4 Å². The standard InChI is InChI=1S/C19H13F3N4O/c20-19(21,22)16-11-24-18(27-12-14-4-2-1-3-5-14)26-17(16)25-15-8-6-13(10-23)7-9-15/h1-9,11H,12H2,(H,24,25,26). The average molecular weight is 370 g/mol. The minimum atomic E-state index is -4.63. The molecule has 0 unspecified atom stereocenters. The van der Waals surface area contributed by atoms with E-state index in [1.54, 1.807) is 0 Å². The summed E-state index contributed by atoms with van der Waals surface area (Å²) in [5, 5.41) is 11.4. The summed E-state index contributed by atoms with van der Waals surface area (Å²) >= 11 is 0. The number of benzene rings is 2. The highest BCUT2D eigenvalue weighted by molar-refractivity contribution is 5.60. The molecule has 1 aromatic heterocycles. The smallest absolute Gasteiger partial charge is 0.421 e. The molecule has 1 heterocycles. The van der Waals surface area contributed by atoms with E-state index in [2.05, 4.69) is 15.3 Å². The van der Waals surface area contributed by atoms with Crippen molar-refractivity contribution < 1.29 is 17.9 Å². The SMILES string of the molecule is N#Cc1ccc(Nc2nc(OCc3ccccc3)ncc2C(F)(F)F)cc1. The molecular formula is C19H13F3N4O. The van der Waals surface area contributed by atoms with Crippen molar-refractivity contribution >= 4 is 11.5 Å². The van der Waals surface area contributed by atoms with E-state index in [0.717, 1.165) is 5.56 Å². The van der Waals surface area contributed by atoms with Crippen LogP contribution in [0.25, 0.3) is 0 Å². The molecule has 8 heteroatoms. The van der Waals surface area contributed by atoms with Crippen molar-refractivity contribution in [1.82, 2.24) is 9.97 Å². The summed E-state index contributed by atoms with van der Waals surface area (Å²) in [5.41, 5.74) is 0.569. The highest BCUT2D eigenvalue weighted by Gasteiger charge is 2.35. The van der Waals surface area contributed by atoms with Gasteiger partial charge in [0.15, 0.2) is 0 Å². The van der Waals surface area contributed by atoms with Crippen LogP contribution in [0.5, 0.6) is 6.01 Å². The van der Waals surface area contributed by atoms with Crippen LogP contribution in [-0.2, 0) is 12.8 Å². The van der Waals surface area contributed by atoms with Crippen molar-refractivity contribution in [1.29, 1.82) is 5.26 Å². The maximum atomic E-state index is 13.2. The largest absolute Gasteiger partial charge is 0.459 e. The first-order valence-electron chi connectivity index (χ1n) is 7.84. The minimum Gasteiger partial charge on any atom is -0.459 e. The molecule has 0 radical (unpaired) electrons. The first-order chi connectivity index (χ1) is 13.0. The third-order valence-corrected chi connectivity index (χ3v) is 3.56. The quantitative estimate of drug-likeness (QED) is 0.706. The zero-order chi connectivity index (χ0) is 19.3. The summed E-state index contributed by atoms with van der Waals surface area (Å²) in [6.45, 7) is 0.127. The Hall–Kier alpha value is -3.60. The van der Waals surface area contributed by atoms with E-state index < -0.39 is 17.6 Å². The topological polar surface area (TPSA) is 70.8 Å². The van der Waals surface area contributed by atoms with Gasteiger partial charge in [-0.05, 0) is 29.8 Å². The number of aromatic nitrogens is 2.